The average molecular weight is 328 g/mol. The molecule has 0 spiro atoms. The van der Waals surface area contributed by atoms with Gasteiger partial charge in [0.15, 0.2) is 11.5 Å². The van der Waals surface area contributed by atoms with Crippen LogP contribution in [0.4, 0.5) is 0 Å². The third-order valence-electron chi connectivity index (χ3n) is 4.64. The van der Waals surface area contributed by atoms with Gasteiger partial charge in [0.2, 0.25) is 12.7 Å². The minimum absolute atomic E-state index is 0.0466. The van der Waals surface area contributed by atoms with E-state index in [0.717, 1.165) is 29.2 Å². The lowest BCUT2D eigenvalue weighted by Gasteiger charge is -2.17. The van der Waals surface area contributed by atoms with E-state index in [9.17, 15) is 4.79 Å². The first-order valence-corrected chi connectivity index (χ1v) is 8.07. The normalized spacial score (nSPS) is 21.9. The molecule has 2 aliphatic rings. The zero-order valence-corrected chi connectivity index (χ0v) is 13.5. The molecule has 2 aliphatic heterocycles. The number of nitrogens with zero attached hydrogens (tertiary/aromatic N) is 2. The number of carbonyl (C=O) groups excluding carboxylic acids is 1. The maximum Gasteiger partial charge on any atom is 0.231 e. The van der Waals surface area contributed by atoms with Gasteiger partial charge in [-0.1, -0.05) is 12.1 Å². The first-order valence-electron chi connectivity index (χ1n) is 8.07. The van der Waals surface area contributed by atoms with Crippen LogP contribution >= 0.6 is 0 Å². The van der Waals surface area contributed by atoms with Gasteiger partial charge in [0.25, 0.3) is 0 Å². The van der Waals surface area contributed by atoms with Crippen molar-refractivity contribution in [2.75, 3.05) is 19.9 Å². The van der Waals surface area contributed by atoms with Crippen molar-refractivity contribution in [3.05, 3.63) is 41.7 Å². The van der Waals surface area contributed by atoms with Gasteiger partial charge in [-0.25, -0.2) is 0 Å². The monoisotopic (exact) mass is 328 g/mol. The fraction of sp³-hybridized carbons (Fsp3) is 0.412. The van der Waals surface area contributed by atoms with E-state index in [4.69, 9.17) is 9.47 Å². The summed E-state index contributed by atoms with van der Waals surface area (Å²) in [5.74, 6) is 1.57. The summed E-state index contributed by atoms with van der Waals surface area (Å²) in [4.78, 5) is 12.7. The van der Waals surface area contributed by atoms with Crippen LogP contribution in [0.15, 0.2) is 30.6 Å². The molecular formula is C17H20N4O3. The third kappa shape index (κ3) is 2.71. The predicted molar refractivity (Wildman–Crippen MR) is 86.7 cm³/mol. The molecule has 1 amide bonds. The number of para-hydroxylation sites is 1. The number of nitrogens with one attached hydrogen (secondary N) is 2. The van der Waals surface area contributed by atoms with Crippen molar-refractivity contribution in [2.24, 2.45) is 13.0 Å². The summed E-state index contributed by atoms with van der Waals surface area (Å²) in [6.45, 7) is 2.14. The lowest BCUT2D eigenvalue weighted by Crippen LogP contribution is -2.34. The smallest absolute Gasteiger partial charge is 0.231 e. The van der Waals surface area contributed by atoms with Crippen molar-refractivity contribution in [3.8, 4) is 11.5 Å². The van der Waals surface area contributed by atoms with Crippen molar-refractivity contribution in [2.45, 2.75) is 12.5 Å². The molecule has 2 N–H and O–H groups in total. The maximum absolute atomic E-state index is 12.7. The van der Waals surface area contributed by atoms with E-state index in [0.29, 0.717) is 13.1 Å². The van der Waals surface area contributed by atoms with E-state index >= 15 is 0 Å². The fourth-order valence-electron chi connectivity index (χ4n) is 3.38. The fourth-order valence-corrected chi connectivity index (χ4v) is 3.38. The highest BCUT2D eigenvalue weighted by molar-refractivity contribution is 5.80. The van der Waals surface area contributed by atoms with Crippen LogP contribution in [0.3, 0.4) is 0 Å². The molecule has 4 rings (SSSR count). The van der Waals surface area contributed by atoms with Gasteiger partial charge in [0, 0.05) is 44.4 Å². The standard InChI is InChI=1S/C17H20N4O3/c1-21-9-12(6-20-21)13-7-18-8-14(13)17(22)19-5-11-3-2-4-15-16(11)24-10-23-15/h2-4,6,9,13-14,18H,5,7-8,10H2,1H3,(H,19,22)/t13-,14+/m1/s1. The number of aryl methyl sites for hydroxylation is 1. The molecule has 24 heavy (non-hydrogen) atoms. The van der Waals surface area contributed by atoms with Gasteiger partial charge in [-0.3, -0.25) is 9.48 Å². The van der Waals surface area contributed by atoms with Crippen LogP contribution in [-0.2, 0) is 18.4 Å². The number of aromatic nitrogens is 2. The van der Waals surface area contributed by atoms with Crippen LogP contribution in [0.2, 0.25) is 0 Å². The van der Waals surface area contributed by atoms with Crippen molar-refractivity contribution in [1.82, 2.24) is 20.4 Å². The van der Waals surface area contributed by atoms with Crippen LogP contribution < -0.4 is 20.1 Å². The number of benzene rings is 1. The van der Waals surface area contributed by atoms with Crippen LogP contribution in [0.1, 0.15) is 17.0 Å². The van der Waals surface area contributed by atoms with Crippen molar-refractivity contribution < 1.29 is 14.3 Å². The second-order valence-corrected chi connectivity index (χ2v) is 6.19. The quantitative estimate of drug-likeness (QED) is 0.867. The first-order chi connectivity index (χ1) is 11.7. The number of hydrogen-bond acceptors (Lipinski definition) is 5. The van der Waals surface area contributed by atoms with Crippen LogP contribution in [0.25, 0.3) is 0 Å². The van der Waals surface area contributed by atoms with E-state index < -0.39 is 0 Å². The number of fused-ring (bicyclic) bond motifs is 1. The molecular weight excluding hydrogens is 308 g/mol. The Labute approximate surface area is 139 Å². The van der Waals surface area contributed by atoms with Gasteiger partial charge in [-0.05, 0) is 11.6 Å². The Morgan fingerprint density at radius 1 is 1.42 bits per heavy atom. The number of rotatable bonds is 4. The SMILES string of the molecule is Cn1cc([C@H]2CNC[C@@H]2C(=O)NCc2cccc3c2OCO3)cn1. The molecule has 126 valence electrons. The molecule has 0 radical (unpaired) electrons. The highest BCUT2D eigenvalue weighted by atomic mass is 16.7. The maximum atomic E-state index is 12.7. The van der Waals surface area contributed by atoms with Crippen LogP contribution in [0.5, 0.6) is 11.5 Å². The van der Waals surface area contributed by atoms with Crippen molar-refractivity contribution in [1.29, 1.82) is 0 Å². The number of ether oxygens (including phenoxy) is 2. The molecule has 2 aromatic rings. The van der Waals surface area contributed by atoms with E-state index in [1.807, 2.05) is 37.6 Å². The highest BCUT2D eigenvalue weighted by Crippen LogP contribution is 2.35. The molecule has 0 bridgehead atoms. The summed E-state index contributed by atoms with van der Waals surface area (Å²) in [7, 11) is 1.89. The summed E-state index contributed by atoms with van der Waals surface area (Å²) in [6, 6.07) is 5.72. The molecule has 0 unspecified atom stereocenters. The van der Waals surface area contributed by atoms with Gasteiger partial charge in [0.05, 0.1) is 12.1 Å². The summed E-state index contributed by atoms with van der Waals surface area (Å²) >= 11 is 0. The second-order valence-electron chi connectivity index (χ2n) is 6.19. The Balaban J connectivity index is 1.44. The molecule has 0 saturated carbocycles. The van der Waals surface area contributed by atoms with Gasteiger partial charge < -0.3 is 20.1 Å². The topological polar surface area (TPSA) is 77.4 Å². The summed E-state index contributed by atoms with van der Waals surface area (Å²) in [5.41, 5.74) is 2.03. The molecule has 1 saturated heterocycles. The Bertz CT molecular complexity index is 758. The Kier molecular flexibility index (Phi) is 3.86. The molecule has 1 aromatic carbocycles. The number of amides is 1. The van der Waals surface area contributed by atoms with Crippen LogP contribution in [-0.4, -0.2) is 35.6 Å². The second kappa shape index (κ2) is 6.16. The summed E-state index contributed by atoms with van der Waals surface area (Å²) < 4.78 is 12.6. The molecule has 1 aromatic heterocycles. The largest absolute Gasteiger partial charge is 0.454 e. The van der Waals surface area contributed by atoms with Crippen molar-refractivity contribution >= 4 is 5.91 Å². The Morgan fingerprint density at radius 3 is 3.17 bits per heavy atom. The molecule has 7 nitrogen and oxygen atoms in total. The average Bonchev–Trinajstić information content (AvgIpc) is 3.31. The minimum Gasteiger partial charge on any atom is -0.454 e. The summed E-state index contributed by atoms with van der Waals surface area (Å²) in [6.07, 6.45) is 3.82. The van der Waals surface area contributed by atoms with E-state index in [1.54, 1.807) is 4.68 Å². The lowest BCUT2D eigenvalue weighted by atomic mass is 9.90. The van der Waals surface area contributed by atoms with E-state index in [1.165, 1.54) is 0 Å². The third-order valence-corrected chi connectivity index (χ3v) is 4.64. The van der Waals surface area contributed by atoms with Gasteiger partial charge in [-0.2, -0.15) is 5.10 Å². The molecule has 7 heteroatoms. The minimum atomic E-state index is -0.0943. The molecule has 1 fully saturated rings. The molecule has 0 aliphatic carbocycles. The lowest BCUT2D eigenvalue weighted by molar-refractivity contribution is -0.125. The molecule has 3 heterocycles. The Morgan fingerprint density at radius 2 is 2.33 bits per heavy atom. The first kappa shape index (κ1) is 15.0. The Hall–Kier alpha value is -2.54. The summed E-state index contributed by atoms with van der Waals surface area (Å²) in [5, 5.41) is 10.6. The molecule has 2 atom stereocenters. The zero-order valence-electron chi connectivity index (χ0n) is 13.5. The number of carbonyl (C=O) groups is 1. The van der Waals surface area contributed by atoms with Gasteiger partial charge in [0.1, 0.15) is 0 Å². The zero-order chi connectivity index (χ0) is 16.5. The number of hydrogen-bond donors (Lipinski definition) is 2. The van der Waals surface area contributed by atoms with Gasteiger partial charge >= 0.3 is 0 Å². The van der Waals surface area contributed by atoms with E-state index in [-0.39, 0.29) is 24.5 Å². The van der Waals surface area contributed by atoms with Crippen LogP contribution in [0, 0.1) is 5.92 Å². The predicted octanol–water partition coefficient (Wildman–Crippen LogP) is 0.768. The van der Waals surface area contributed by atoms with Crippen molar-refractivity contribution in [3.63, 3.8) is 0 Å². The van der Waals surface area contributed by atoms with Gasteiger partial charge in [-0.15, -0.1) is 0 Å². The van der Waals surface area contributed by atoms with E-state index in [2.05, 4.69) is 15.7 Å². The highest BCUT2D eigenvalue weighted by Gasteiger charge is 2.34.